The molecule has 0 radical (unpaired) electrons. The molecule has 0 bridgehead atoms. The molecule has 2 aliphatic carbocycles. The van der Waals surface area contributed by atoms with E-state index in [1.54, 1.807) is 0 Å². The second kappa shape index (κ2) is 6.14. The topological polar surface area (TPSA) is 36.1 Å². The fraction of sp³-hybridized carbons (Fsp3) is 0.500. The van der Waals surface area contributed by atoms with Crippen LogP contribution in [0.1, 0.15) is 45.7 Å². The number of aromatic nitrogens is 1. The van der Waals surface area contributed by atoms with Crippen molar-refractivity contribution in [3.05, 3.63) is 58.4 Å². The normalized spacial score (nSPS) is 25.5. The number of likely N-dealkylation sites (tertiary alicyclic amines) is 1. The van der Waals surface area contributed by atoms with E-state index in [-0.39, 0.29) is 5.92 Å². The van der Waals surface area contributed by atoms with Crippen molar-refractivity contribution in [3.63, 3.8) is 0 Å². The van der Waals surface area contributed by atoms with Gasteiger partial charge in [0.25, 0.3) is 0 Å². The summed E-state index contributed by atoms with van der Waals surface area (Å²) < 4.78 is 0. The number of rotatable bonds is 3. The molecule has 0 saturated carbocycles. The number of benzene rings is 1. The van der Waals surface area contributed by atoms with Gasteiger partial charge in [-0.2, -0.15) is 0 Å². The van der Waals surface area contributed by atoms with Crippen molar-refractivity contribution in [1.29, 1.82) is 0 Å². The Kier molecular flexibility index (Phi) is 3.78. The zero-order valence-electron chi connectivity index (χ0n) is 14.8. The lowest BCUT2D eigenvalue weighted by Crippen LogP contribution is -2.47. The molecular weight excluding hydrogens is 308 g/mol. The van der Waals surface area contributed by atoms with E-state index in [0.29, 0.717) is 11.7 Å². The van der Waals surface area contributed by atoms with Crippen LogP contribution in [0.5, 0.6) is 0 Å². The lowest BCUT2D eigenvalue weighted by Gasteiger charge is -2.40. The van der Waals surface area contributed by atoms with Crippen LogP contribution in [0.15, 0.2) is 30.3 Å². The zero-order chi connectivity index (χ0) is 16.8. The number of fused-ring (bicyclic) bond motifs is 4. The van der Waals surface area contributed by atoms with Gasteiger partial charge in [-0.15, -0.1) is 0 Å². The molecule has 1 aromatic heterocycles. The summed E-state index contributed by atoms with van der Waals surface area (Å²) in [7, 11) is 0. The summed E-state index contributed by atoms with van der Waals surface area (Å²) in [6.45, 7) is 3.16. The first-order valence-corrected chi connectivity index (χ1v) is 9.82. The molecular formula is C22H26N2O. The number of aryl methyl sites for hydroxylation is 1. The van der Waals surface area contributed by atoms with Crippen LogP contribution in [0.3, 0.4) is 0 Å². The maximum atomic E-state index is 13.2. The molecule has 3 aliphatic rings. The van der Waals surface area contributed by atoms with Gasteiger partial charge < -0.3 is 9.88 Å². The molecule has 3 heteroatoms. The lowest BCUT2D eigenvalue weighted by atomic mass is 9.72. The maximum Gasteiger partial charge on any atom is 0.169 e. The van der Waals surface area contributed by atoms with Crippen molar-refractivity contribution in [1.82, 2.24) is 9.88 Å². The van der Waals surface area contributed by atoms with E-state index < -0.39 is 0 Å². The zero-order valence-corrected chi connectivity index (χ0v) is 14.8. The number of aromatic amines is 1. The average molecular weight is 334 g/mol. The van der Waals surface area contributed by atoms with Crippen molar-refractivity contribution in [2.45, 2.75) is 38.5 Å². The highest BCUT2D eigenvalue weighted by molar-refractivity contribution is 6.02. The summed E-state index contributed by atoms with van der Waals surface area (Å²) in [6, 6.07) is 10.7. The second-order valence-electron chi connectivity index (χ2n) is 8.05. The van der Waals surface area contributed by atoms with Gasteiger partial charge in [0.05, 0.1) is 0 Å². The minimum absolute atomic E-state index is 0.220. The molecule has 2 heterocycles. The number of hydrogen-bond donors (Lipinski definition) is 1. The molecule has 1 N–H and O–H groups in total. The smallest absolute Gasteiger partial charge is 0.169 e. The number of nitrogens with zero attached hydrogens (tertiary/aromatic N) is 1. The van der Waals surface area contributed by atoms with Crippen molar-refractivity contribution >= 4 is 5.78 Å². The summed E-state index contributed by atoms with van der Waals surface area (Å²) in [5, 5.41) is 0. The summed E-state index contributed by atoms with van der Waals surface area (Å²) in [6.07, 6.45) is 6.77. The molecule has 1 fully saturated rings. The van der Waals surface area contributed by atoms with Crippen LogP contribution in [0.2, 0.25) is 0 Å². The molecule has 130 valence electrons. The Labute approximate surface area is 149 Å². The largest absolute Gasteiger partial charge is 0.361 e. The summed E-state index contributed by atoms with van der Waals surface area (Å²) >= 11 is 0. The Morgan fingerprint density at radius 2 is 2.00 bits per heavy atom. The van der Waals surface area contributed by atoms with E-state index in [1.807, 2.05) is 0 Å². The predicted octanol–water partition coefficient (Wildman–Crippen LogP) is 3.42. The Morgan fingerprint density at radius 3 is 2.88 bits per heavy atom. The molecule has 1 aliphatic heterocycles. The van der Waals surface area contributed by atoms with Crippen LogP contribution >= 0.6 is 0 Å². The molecule has 2 atom stereocenters. The molecule has 1 aromatic carbocycles. The Hall–Kier alpha value is -1.87. The van der Waals surface area contributed by atoms with Gasteiger partial charge in [-0.05, 0) is 62.1 Å². The second-order valence-corrected chi connectivity index (χ2v) is 8.05. The highest BCUT2D eigenvalue weighted by atomic mass is 16.1. The number of Topliss-reactive ketones (excluding diaryl/α,β-unsaturated/α-hetero) is 1. The third kappa shape index (κ3) is 2.65. The SMILES string of the molecule is O=C1c2c([nH]c3c2CCC3)C[C@@H]2CCN(CCc3ccccc3)C[C@@H]12. The molecule has 5 rings (SSSR count). The maximum absolute atomic E-state index is 13.2. The van der Waals surface area contributed by atoms with E-state index in [4.69, 9.17) is 0 Å². The summed E-state index contributed by atoms with van der Waals surface area (Å²) in [5.74, 6) is 1.21. The highest BCUT2D eigenvalue weighted by Crippen LogP contribution is 2.40. The van der Waals surface area contributed by atoms with E-state index in [9.17, 15) is 4.79 Å². The highest BCUT2D eigenvalue weighted by Gasteiger charge is 2.42. The van der Waals surface area contributed by atoms with E-state index in [1.165, 1.54) is 28.9 Å². The molecule has 0 amide bonds. The van der Waals surface area contributed by atoms with Crippen LogP contribution in [0, 0.1) is 11.8 Å². The van der Waals surface area contributed by atoms with Gasteiger partial charge in [-0.3, -0.25) is 4.79 Å². The standard InChI is InChI=1S/C22H26N2O/c25-22-18-14-24(11-9-15-5-2-1-3-6-15)12-10-16(18)13-20-21(22)17-7-4-8-19(17)23-20/h1-3,5-6,16,18,23H,4,7-14H2/t16-,18+/m0/s1. The van der Waals surface area contributed by atoms with Gasteiger partial charge in [0.2, 0.25) is 0 Å². The molecule has 0 spiro atoms. The molecule has 3 nitrogen and oxygen atoms in total. The Bertz CT molecular complexity index is 792. The monoisotopic (exact) mass is 334 g/mol. The van der Waals surface area contributed by atoms with Gasteiger partial charge in [-0.1, -0.05) is 30.3 Å². The van der Waals surface area contributed by atoms with Crippen LogP contribution in [-0.2, 0) is 25.7 Å². The number of ketones is 1. The van der Waals surface area contributed by atoms with E-state index in [2.05, 4.69) is 40.2 Å². The first-order chi connectivity index (χ1) is 12.3. The van der Waals surface area contributed by atoms with Crippen LogP contribution in [-0.4, -0.2) is 35.3 Å². The Morgan fingerprint density at radius 1 is 1.12 bits per heavy atom. The van der Waals surface area contributed by atoms with Crippen molar-refractivity contribution in [2.24, 2.45) is 11.8 Å². The third-order valence-electron chi connectivity index (χ3n) is 6.57. The first-order valence-electron chi connectivity index (χ1n) is 9.82. The summed E-state index contributed by atoms with van der Waals surface area (Å²) in [4.78, 5) is 19.4. The molecule has 25 heavy (non-hydrogen) atoms. The fourth-order valence-electron chi connectivity index (χ4n) is 5.23. The lowest BCUT2D eigenvalue weighted by molar-refractivity contribution is 0.0662. The van der Waals surface area contributed by atoms with Gasteiger partial charge in [0, 0.05) is 36.0 Å². The number of piperidine rings is 1. The van der Waals surface area contributed by atoms with E-state index >= 15 is 0 Å². The number of carbonyl (C=O) groups excluding carboxylic acids is 1. The van der Waals surface area contributed by atoms with E-state index in [0.717, 1.165) is 57.3 Å². The van der Waals surface area contributed by atoms with Crippen LogP contribution in [0.25, 0.3) is 0 Å². The first kappa shape index (κ1) is 15.4. The number of H-pyrrole nitrogens is 1. The van der Waals surface area contributed by atoms with Crippen molar-refractivity contribution in [3.8, 4) is 0 Å². The van der Waals surface area contributed by atoms with Gasteiger partial charge >= 0.3 is 0 Å². The minimum Gasteiger partial charge on any atom is -0.361 e. The number of nitrogens with one attached hydrogen (secondary N) is 1. The van der Waals surface area contributed by atoms with Crippen molar-refractivity contribution in [2.75, 3.05) is 19.6 Å². The average Bonchev–Trinajstić information content (AvgIpc) is 3.22. The van der Waals surface area contributed by atoms with Gasteiger partial charge in [0.1, 0.15) is 0 Å². The molecule has 0 unspecified atom stereocenters. The molecule has 2 aromatic rings. The van der Waals surface area contributed by atoms with Crippen LogP contribution in [0.4, 0.5) is 0 Å². The van der Waals surface area contributed by atoms with Gasteiger partial charge in [-0.25, -0.2) is 0 Å². The number of carbonyl (C=O) groups is 1. The fourth-order valence-corrected chi connectivity index (χ4v) is 5.23. The quantitative estimate of drug-likeness (QED) is 0.933. The Balaban J connectivity index is 1.31. The predicted molar refractivity (Wildman–Crippen MR) is 99.0 cm³/mol. The number of hydrogen-bond acceptors (Lipinski definition) is 2. The van der Waals surface area contributed by atoms with Crippen LogP contribution < -0.4 is 0 Å². The van der Waals surface area contributed by atoms with Crippen molar-refractivity contribution < 1.29 is 4.79 Å². The van der Waals surface area contributed by atoms with Gasteiger partial charge in [0.15, 0.2) is 5.78 Å². The third-order valence-corrected chi connectivity index (χ3v) is 6.57. The minimum atomic E-state index is 0.220. The summed E-state index contributed by atoms with van der Waals surface area (Å²) in [5.41, 5.74) is 6.47. The molecule has 1 saturated heterocycles.